The Labute approximate surface area is 108 Å². The fourth-order valence-corrected chi connectivity index (χ4v) is 2.95. The van der Waals surface area contributed by atoms with Crippen molar-refractivity contribution >= 4 is 0 Å². The van der Waals surface area contributed by atoms with Gasteiger partial charge in [0, 0.05) is 12.1 Å². The minimum Gasteiger partial charge on any atom is -0.316 e. The molecular weight excluding hydrogens is 208 g/mol. The molecule has 2 heteroatoms. The molecule has 0 aromatic rings. The standard InChI is InChI=1S/C15H32N2/c1-12(16-6)13(2)17-10-7-8-14(9-11-17)15(3,4)5/h12-14,16H,7-11H2,1-6H3. The van der Waals surface area contributed by atoms with Crippen LogP contribution in [0.3, 0.4) is 0 Å². The van der Waals surface area contributed by atoms with E-state index < -0.39 is 0 Å². The quantitative estimate of drug-likeness (QED) is 0.815. The Morgan fingerprint density at radius 1 is 1.12 bits per heavy atom. The number of hydrogen-bond acceptors (Lipinski definition) is 2. The first-order chi connectivity index (χ1) is 7.86. The van der Waals surface area contributed by atoms with Gasteiger partial charge >= 0.3 is 0 Å². The van der Waals surface area contributed by atoms with Crippen LogP contribution in [0.15, 0.2) is 0 Å². The molecule has 1 aliphatic rings. The fourth-order valence-electron chi connectivity index (χ4n) is 2.95. The summed E-state index contributed by atoms with van der Waals surface area (Å²) in [5.74, 6) is 0.893. The van der Waals surface area contributed by atoms with Gasteiger partial charge in [0.2, 0.25) is 0 Å². The predicted octanol–water partition coefficient (Wildman–Crippen LogP) is 3.13. The number of nitrogens with zero attached hydrogens (tertiary/aromatic N) is 1. The Hall–Kier alpha value is -0.0800. The fraction of sp³-hybridized carbons (Fsp3) is 1.00. The molecule has 0 aromatic heterocycles. The zero-order chi connectivity index (χ0) is 13.1. The van der Waals surface area contributed by atoms with E-state index in [-0.39, 0.29) is 0 Å². The van der Waals surface area contributed by atoms with Gasteiger partial charge in [-0.05, 0) is 64.6 Å². The van der Waals surface area contributed by atoms with Crippen molar-refractivity contribution in [3.8, 4) is 0 Å². The third-order valence-corrected chi connectivity index (χ3v) is 4.74. The number of hydrogen-bond donors (Lipinski definition) is 1. The molecule has 0 aromatic carbocycles. The van der Waals surface area contributed by atoms with E-state index in [1.807, 2.05) is 0 Å². The normalized spacial score (nSPS) is 27.5. The third-order valence-electron chi connectivity index (χ3n) is 4.74. The summed E-state index contributed by atoms with van der Waals surface area (Å²) in [6.07, 6.45) is 4.13. The van der Waals surface area contributed by atoms with Gasteiger partial charge in [-0.3, -0.25) is 4.90 Å². The number of likely N-dealkylation sites (N-methyl/N-ethyl adjacent to an activating group) is 1. The van der Waals surface area contributed by atoms with Gasteiger partial charge in [-0.25, -0.2) is 0 Å². The van der Waals surface area contributed by atoms with Crippen LogP contribution in [0.5, 0.6) is 0 Å². The number of likely N-dealkylation sites (tertiary alicyclic amines) is 1. The van der Waals surface area contributed by atoms with Gasteiger partial charge in [0.1, 0.15) is 0 Å². The van der Waals surface area contributed by atoms with E-state index in [2.05, 4.69) is 51.9 Å². The van der Waals surface area contributed by atoms with Crippen LogP contribution < -0.4 is 5.32 Å². The summed E-state index contributed by atoms with van der Waals surface area (Å²) in [5.41, 5.74) is 0.480. The van der Waals surface area contributed by atoms with Crippen LogP contribution in [0.2, 0.25) is 0 Å². The van der Waals surface area contributed by atoms with Gasteiger partial charge in [-0.15, -0.1) is 0 Å². The minimum absolute atomic E-state index is 0.480. The highest BCUT2D eigenvalue weighted by Gasteiger charge is 2.29. The Balaban J connectivity index is 2.53. The van der Waals surface area contributed by atoms with Crippen LogP contribution in [0, 0.1) is 11.3 Å². The van der Waals surface area contributed by atoms with E-state index in [0.29, 0.717) is 17.5 Å². The van der Waals surface area contributed by atoms with Crippen LogP contribution in [-0.2, 0) is 0 Å². The Bertz CT molecular complexity index is 219. The van der Waals surface area contributed by atoms with Crippen molar-refractivity contribution in [1.82, 2.24) is 10.2 Å². The largest absolute Gasteiger partial charge is 0.316 e. The molecule has 102 valence electrons. The van der Waals surface area contributed by atoms with E-state index in [1.54, 1.807) is 0 Å². The number of rotatable bonds is 3. The Morgan fingerprint density at radius 2 is 1.76 bits per heavy atom. The van der Waals surface area contributed by atoms with E-state index in [1.165, 1.54) is 32.4 Å². The summed E-state index contributed by atoms with van der Waals surface area (Å²) in [5, 5.41) is 3.38. The lowest BCUT2D eigenvalue weighted by molar-refractivity contribution is 0.169. The summed E-state index contributed by atoms with van der Waals surface area (Å²) in [4.78, 5) is 2.67. The van der Waals surface area contributed by atoms with Gasteiger partial charge in [0.15, 0.2) is 0 Å². The lowest BCUT2D eigenvalue weighted by Crippen LogP contribution is -2.46. The molecule has 3 unspecified atom stereocenters. The average molecular weight is 240 g/mol. The molecule has 1 aliphatic heterocycles. The summed E-state index contributed by atoms with van der Waals surface area (Å²) in [7, 11) is 2.07. The van der Waals surface area contributed by atoms with Gasteiger partial charge in [0.05, 0.1) is 0 Å². The van der Waals surface area contributed by atoms with Crippen molar-refractivity contribution < 1.29 is 0 Å². The van der Waals surface area contributed by atoms with Crippen molar-refractivity contribution in [2.45, 2.75) is 66.0 Å². The van der Waals surface area contributed by atoms with Crippen molar-refractivity contribution in [2.75, 3.05) is 20.1 Å². The molecule has 1 fully saturated rings. The van der Waals surface area contributed by atoms with Crippen LogP contribution in [0.4, 0.5) is 0 Å². The molecule has 3 atom stereocenters. The zero-order valence-electron chi connectivity index (χ0n) is 12.7. The van der Waals surface area contributed by atoms with Gasteiger partial charge < -0.3 is 5.32 Å². The minimum atomic E-state index is 0.480. The molecule has 0 aliphatic carbocycles. The highest BCUT2D eigenvalue weighted by atomic mass is 15.2. The van der Waals surface area contributed by atoms with Crippen molar-refractivity contribution in [1.29, 1.82) is 0 Å². The summed E-state index contributed by atoms with van der Waals surface area (Å²) < 4.78 is 0. The maximum Gasteiger partial charge on any atom is 0.0218 e. The molecule has 17 heavy (non-hydrogen) atoms. The highest BCUT2D eigenvalue weighted by molar-refractivity contribution is 4.83. The van der Waals surface area contributed by atoms with Crippen LogP contribution in [-0.4, -0.2) is 37.1 Å². The van der Waals surface area contributed by atoms with Gasteiger partial charge in [-0.2, -0.15) is 0 Å². The summed E-state index contributed by atoms with van der Waals surface area (Å²) >= 11 is 0. The molecule has 2 nitrogen and oxygen atoms in total. The Kier molecular flexibility index (Phi) is 5.46. The predicted molar refractivity (Wildman–Crippen MR) is 76.4 cm³/mol. The zero-order valence-corrected chi connectivity index (χ0v) is 12.7. The van der Waals surface area contributed by atoms with E-state index in [4.69, 9.17) is 0 Å². The van der Waals surface area contributed by atoms with Crippen LogP contribution in [0.1, 0.15) is 53.9 Å². The lowest BCUT2D eigenvalue weighted by Gasteiger charge is -2.33. The maximum absolute atomic E-state index is 3.38. The Morgan fingerprint density at radius 3 is 2.29 bits per heavy atom. The second-order valence-corrected chi connectivity index (χ2v) is 6.85. The maximum atomic E-state index is 3.38. The topological polar surface area (TPSA) is 15.3 Å². The summed E-state index contributed by atoms with van der Waals surface area (Å²) in [6.45, 7) is 14.4. The molecule has 1 heterocycles. The summed E-state index contributed by atoms with van der Waals surface area (Å²) in [6, 6.07) is 1.24. The molecule has 1 rings (SSSR count). The molecule has 1 saturated heterocycles. The first kappa shape index (κ1) is 15.0. The van der Waals surface area contributed by atoms with Crippen LogP contribution in [0.25, 0.3) is 0 Å². The average Bonchev–Trinajstić information content (AvgIpc) is 2.51. The monoisotopic (exact) mass is 240 g/mol. The van der Waals surface area contributed by atoms with E-state index in [0.717, 1.165) is 5.92 Å². The smallest absolute Gasteiger partial charge is 0.0218 e. The molecule has 0 bridgehead atoms. The molecule has 0 radical (unpaired) electrons. The molecule has 0 amide bonds. The SMILES string of the molecule is CNC(C)C(C)N1CCCC(C(C)(C)C)CC1. The van der Waals surface area contributed by atoms with E-state index in [9.17, 15) is 0 Å². The highest BCUT2D eigenvalue weighted by Crippen LogP contribution is 2.34. The van der Waals surface area contributed by atoms with Gasteiger partial charge in [0.25, 0.3) is 0 Å². The number of nitrogens with one attached hydrogen (secondary N) is 1. The van der Waals surface area contributed by atoms with E-state index >= 15 is 0 Å². The first-order valence-electron chi connectivity index (χ1n) is 7.27. The second kappa shape index (κ2) is 6.19. The molecule has 1 N–H and O–H groups in total. The molecule has 0 saturated carbocycles. The molecule has 0 spiro atoms. The lowest BCUT2D eigenvalue weighted by atomic mass is 9.77. The second-order valence-electron chi connectivity index (χ2n) is 6.85. The van der Waals surface area contributed by atoms with Gasteiger partial charge in [-0.1, -0.05) is 20.8 Å². The molecular formula is C15H32N2. The van der Waals surface area contributed by atoms with Crippen LogP contribution >= 0.6 is 0 Å². The first-order valence-corrected chi connectivity index (χ1v) is 7.27. The van der Waals surface area contributed by atoms with Crippen molar-refractivity contribution in [2.24, 2.45) is 11.3 Å². The van der Waals surface area contributed by atoms with Crippen molar-refractivity contribution in [3.63, 3.8) is 0 Å². The van der Waals surface area contributed by atoms with Crippen molar-refractivity contribution in [3.05, 3.63) is 0 Å². The third kappa shape index (κ3) is 4.26.